The quantitative estimate of drug-likeness (QED) is 0.463. The van der Waals surface area contributed by atoms with E-state index in [0.717, 1.165) is 32.6 Å². The number of thiazole rings is 1. The maximum Gasteiger partial charge on any atom is 0.262 e. The number of carbonyl (C=O) groups excluding carboxylic acids is 3. The standard InChI is InChI=1S/C22H21BrN4O3S/c1-25(2)10-5-11-26(22-24-17-9-8-14(23)12-18(17)31-22)19(28)13-27-20(29)15-6-3-4-7-16(15)21(27)30/h3-4,6-9,12H,5,10-11,13H2,1-2H3. The zero-order valence-electron chi connectivity index (χ0n) is 17.2. The van der Waals surface area contributed by atoms with Gasteiger partial charge in [0.1, 0.15) is 6.54 Å². The van der Waals surface area contributed by atoms with Gasteiger partial charge in [0.25, 0.3) is 11.8 Å². The summed E-state index contributed by atoms with van der Waals surface area (Å²) in [6, 6.07) is 12.4. The minimum Gasteiger partial charge on any atom is -0.309 e. The van der Waals surface area contributed by atoms with Gasteiger partial charge in [-0.2, -0.15) is 0 Å². The van der Waals surface area contributed by atoms with Crippen LogP contribution in [0.25, 0.3) is 10.2 Å². The molecule has 0 saturated carbocycles. The Morgan fingerprint density at radius 3 is 2.39 bits per heavy atom. The topological polar surface area (TPSA) is 73.8 Å². The lowest BCUT2D eigenvalue weighted by atomic mass is 10.1. The van der Waals surface area contributed by atoms with Gasteiger partial charge in [-0.05, 0) is 57.4 Å². The van der Waals surface area contributed by atoms with Crippen molar-refractivity contribution < 1.29 is 14.4 Å². The summed E-state index contributed by atoms with van der Waals surface area (Å²) in [4.78, 5) is 48.0. The summed E-state index contributed by atoms with van der Waals surface area (Å²) in [7, 11) is 3.94. The SMILES string of the molecule is CN(C)CCCN(C(=O)CN1C(=O)c2ccccc2C1=O)c1nc2ccc(Br)cc2s1. The fraction of sp³-hybridized carbons (Fsp3) is 0.273. The molecule has 0 bridgehead atoms. The largest absolute Gasteiger partial charge is 0.309 e. The van der Waals surface area contributed by atoms with Gasteiger partial charge >= 0.3 is 0 Å². The van der Waals surface area contributed by atoms with Crippen LogP contribution in [0, 0.1) is 0 Å². The second-order valence-corrected chi connectivity index (χ2v) is 9.48. The first-order chi connectivity index (χ1) is 14.8. The maximum absolute atomic E-state index is 13.3. The van der Waals surface area contributed by atoms with Crippen LogP contribution in [0.4, 0.5) is 5.13 Å². The molecule has 3 amide bonds. The fourth-order valence-corrected chi connectivity index (χ4v) is 5.04. The average Bonchev–Trinajstić information content (AvgIpc) is 3.25. The van der Waals surface area contributed by atoms with E-state index in [-0.39, 0.29) is 12.5 Å². The Balaban J connectivity index is 1.59. The maximum atomic E-state index is 13.3. The molecule has 4 rings (SSSR count). The van der Waals surface area contributed by atoms with Crippen molar-refractivity contribution in [1.29, 1.82) is 0 Å². The fourth-order valence-electron chi connectivity index (χ4n) is 3.48. The van der Waals surface area contributed by atoms with Crippen molar-refractivity contribution in [1.82, 2.24) is 14.8 Å². The van der Waals surface area contributed by atoms with E-state index in [1.807, 2.05) is 37.2 Å². The summed E-state index contributed by atoms with van der Waals surface area (Å²) in [5.41, 5.74) is 1.47. The number of aromatic nitrogens is 1. The van der Waals surface area contributed by atoms with Gasteiger partial charge in [0.2, 0.25) is 5.91 Å². The molecule has 2 heterocycles. The minimum absolute atomic E-state index is 0.312. The molecule has 0 atom stereocenters. The average molecular weight is 501 g/mol. The highest BCUT2D eigenvalue weighted by atomic mass is 79.9. The van der Waals surface area contributed by atoms with Crippen LogP contribution < -0.4 is 4.90 Å². The van der Waals surface area contributed by atoms with E-state index in [4.69, 9.17) is 0 Å². The number of anilines is 1. The molecule has 1 aliphatic heterocycles. The molecule has 0 spiro atoms. The lowest BCUT2D eigenvalue weighted by Gasteiger charge is -2.23. The molecule has 160 valence electrons. The zero-order chi connectivity index (χ0) is 22.1. The van der Waals surface area contributed by atoms with Crippen molar-refractivity contribution in [2.45, 2.75) is 6.42 Å². The molecular weight excluding hydrogens is 480 g/mol. The third kappa shape index (κ3) is 4.39. The van der Waals surface area contributed by atoms with Gasteiger partial charge in [0, 0.05) is 11.0 Å². The molecule has 31 heavy (non-hydrogen) atoms. The first-order valence-electron chi connectivity index (χ1n) is 9.81. The number of fused-ring (bicyclic) bond motifs is 2. The molecule has 0 fully saturated rings. The van der Waals surface area contributed by atoms with Crippen LogP contribution in [0.2, 0.25) is 0 Å². The van der Waals surface area contributed by atoms with Crippen molar-refractivity contribution in [2.24, 2.45) is 0 Å². The highest BCUT2D eigenvalue weighted by Gasteiger charge is 2.37. The third-order valence-electron chi connectivity index (χ3n) is 5.03. The van der Waals surface area contributed by atoms with Crippen molar-refractivity contribution in [2.75, 3.05) is 38.6 Å². The molecule has 3 aromatic rings. The highest BCUT2D eigenvalue weighted by Crippen LogP contribution is 2.31. The van der Waals surface area contributed by atoms with Gasteiger partial charge in [-0.25, -0.2) is 4.98 Å². The first kappa shape index (κ1) is 21.6. The monoisotopic (exact) mass is 500 g/mol. The number of benzene rings is 2. The van der Waals surface area contributed by atoms with Gasteiger partial charge in [-0.1, -0.05) is 39.4 Å². The number of halogens is 1. The van der Waals surface area contributed by atoms with Crippen LogP contribution in [0.5, 0.6) is 0 Å². The highest BCUT2D eigenvalue weighted by molar-refractivity contribution is 9.10. The number of nitrogens with zero attached hydrogens (tertiary/aromatic N) is 4. The molecule has 1 aromatic heterocycles. The Morgan fingerprint density at radius 1 is 1.06 bits per heavy atom. The van der Waals surface area contributed by atoms with E-state index < -0.39 is 11.8 Å². The number of rotatable bonds is 7. The van der Waals surface area contributed by atoms with Crippen molar-refractivity contribution in [3.8, 4) is 0 Å². The molecule has 0 aliphatic carbocycles. The number of carbonyl (C=O) groups is 3. The van der Waals surface area contributed by atoms with Crippen LogP contribution in [0.15, 0.2) is 46.9 Å². The number of hydrogen-bond donors (Lipinski definition) is 0. The van der Waals surface area contributed by atoms with E-state index >= 15 is 0 Å². The molecule has 9 heteroatoms. The van der Waals surface area contributed by atoms with E-state index in [1.54, 1.807) is 29.2 Å². The summed E-state index contributed by atoms with van der Waals surface area (Å²) in [6.45, 7) is 0.933. The summed E-state index contributed by atoms with van der Waals surface area (Å²) < 4.78 is 1.89. The summed E-state index contributed by atoms with van der Waals surface area (Å²) in [5.74, 6) is -1.20. The predicted molar refractivity (Wildman–Crippen MR) is 125 cm³/mol. The summed E-state index contributed by atoms with van der Waals surface area (Å²) in [6.07, 6.45) is 0.737. The first-order valence-corrected chi connectivity index (χ1v) is 11.4. The Bertz CT molecular complexity index is 1140. The zero-order valence-corrected chi connectivity index (χ0v) is 19.6. The van der Waals surface area contributed by atoms with Crippen LogP contribution >= 0.6 is 27.3 Å². The predicted octanol–water partition coefficient (Wildman–Crippen LogP) is 3.64. The molecule has 0 radical (unpaired) electrons. The van der Waals surface area contributed by atoms with Crippen molar-refractivity contribution in [3.63, 3.8) is 0 Å². The van der Waals surface area contributed by atoms with Crippen molar-refractivity contribution >= 4 is 60.3 Å². The molecular formula is C22H21BrN4O3S. The van der Waals surface area contributed by atoms with E-state index in [9.17, 15) is 14.4 Å². The number of hydrogen-bond acceptors (Lipinski definition) is 6. The normalized spacial score (nSPS) is 13.4. The van der Waals surface area contributed by atoms with Crippen molar-refractivity contribution in [3.05, 3.63) is 58.1 Å². The Labute approximate surface area is 192 Å². The van der Waals surface area contributed by atoms with Crippen LogP contribution in [-0.4, -0.2) is 66.2 Å². The molecule has 1 aliphatic rings. The smallest absolute Gasteiger partial charge is 0.262 e. The second kappa shape index (κ2) is 8.86. The van der Waals surface area contributed by atoms with E-state index in [0.29, 0.717) is 22.8 Å². The number of amides is 3. The van der Waals surface area contributed by atoms with Gasteiger partial charge < -0.3 is 4.90 Å². The number of imide groups is 1. The summed E-state index contributed by atoms with van der Waals surface area (Å²) >= 11 is 4.88. The minimum atomic E-state index is -0.435. The lowest BCUT2D eigenvalue weighted by Crippen LogP contribution is -2.43. The molecule has 7 nitrogen and oxygen atoms in total. The molecule has 0 saturated heterocycles. The molecule has 0 unspecified atom stereocenters. The second-order valence-electron chi connectivity index (χ2n) is 7.55. The van der Waals surface area contributed by atoms with Gasteiger partial charge in [0.15, 0.2) is 5.13 Å². The van der Waals surface area contributed by atoms with Gasteiger partial charge in [-0.15, -0.1) is 0 Å². The van der Waals surface area contributed by atoms with Crippen LogP contribution in [0.3, 0.4) is 0 Å². The lowest BCUT2D eigenvalue weighted by molar-refractivity contribution is -0.119. The third-order valence-corrected chi connectivity index (χ3v) is 6.56. The van der Waals surface area contributed by atoms with E-state index in [1.165, 1.54) is 11.3 Å². The molecule has 2 aromatic carbocycles. The molecule has 0 N–H and O–H groups in total. The van der Waals surface area contributed by atoms with Crippen LogP contribution in [-0.2, 0) is 4.79 Å². The van der Waals surface area contributed by atoms with E-state index in [2.05, 4.69) is 20.9 Å². The Kier molecular flexibility index (Phi) is 6.17. The summed E-state index contributed by atoms with van der Waals surface area (Å²) in [5, 5.41) is 0.563. The van der Waals surface area contributed by atoms with Crippen LogP contribution in [0.1, 0.15) is 27.1 Å². The Morgan fingerprint density at radius 2 is 1.74 bits per heavy atom. The Hall–Kier alpha value is -2.62. The van der Waals surface area contributed by atoms with Gasteiger partial charge in [0.05, 0.1) is 21.3 Å². The van der Waals surface area contributed by atoms with Gasteiger partial charge in [-0.3, -0.25) is 24.2 Å².